The molecule has 1 atom stereocenters. The minimum atomic E-state index is -0.762. The summed E-state index contributed by atoms with van der Waals surface area (Å²) in [6, 6.07) is 7.54. The Labute approximate surface area is 129 Å². The lowest BCUT2D eigenvalue weighted by Gasteiger charge is -2.16. The Morgan fingerprint density at radius 1 is 1.10 bits per heavy atom. The van der Waals surface area contributed by atoms with E-state index in [1.165, 1.54) is 25.3 Å². The van der Waals surface area contributed by atoms with E-state index in [0.717, 1.165) is 5.56 Å². The first-order valence-electron chi connectivity index (χ1n) is 5.87. The molecule has 0 aliphatic rings. The van der Waals surface area contributed by atoms with Gasteiger partial charge in [0.25, 0.3) is 0 Å². The van der Waals surface area contributed by atoms with Gasteiger partial charge in [-0.05, 0) is 40.5 Å². The summed E-state index contributed by atoms with van der Waals surface area (Å²) >= 11 is 9.43. The summed E-state index contributed by atoms with van der Waals surface area (Å²) in [5.41, 5.74) is 1.64. The van der Waals surface area contributed by atoms with Crippen LogP contribution in [0.5, 0.6) is 5.75 Å². The number of hydrogen-bond acceptors (Lipinski definition) is 1. The molecule has 106 valence electrons. The number of benzene rings is 2. The SMILES string of the molecule is COc1cc(F)c(Br)cc1C(Cl)c1ccc(C)cc1F. The number of hydrogen-bond donors (Lipinski definition) is 0. The monoisotopic (exact) mass is 360 g/mol. The van der Waals surface area contributed by atoms with Gasteiger partial charge in [-0.15, -0.1) is 11.6 Å². The molecule has 0 amide bonds. The second-order valence-corrected chi connectivity index (χ2v) is 5.69. The molecular formula is C15H12BrClF2O. The highest BCUT2D eigenvalue weighted by atomic mass is 79.9. The highest BCUT2D eigenvalue weighted by Crippen LogP contribution is 2.38. The molecule has 0 heterocycles. The highest BCUT2D eigenvalue weighted by Gasteiger charge is 2.21. The van der Waals surface area contributed by atoms with Crippen LogP contribution >= 0.6 is 27.5 Å². The molecule has 0 N–H and O–H groups in total. The van der Waals surface area contributed by atoms with Gasteiger partial charge in [0.2, 0.25) is 0 Å². The molecule has 0 bridgehead atoms. The fourth-order valence-electron chi connectivity index (χ4n) is 1.92. The predicted octanol–water partition coefficient (Wildman–Crippen LogP) is 5.37. The third-order valence-electron chi connectivity index (χ3n) is 2.97. The summed E-state index contributed by atoms with van der Waals surface area (Å²) in [5, 5.41) is -0.762. The van der Waals surface area contributed by atoms with Crippen LogP contribution in [0, 0.1) is 18.6 Å². The van der Waals surface area contributed by atoms with Gasteiger partial charge in [0.15, 0.2) is 0 Å². The van der Waals surface area contributed by atoms with Crippen molar-refractivity contribution in [1.29, 1.82) is 0 Å². The normalized spacial score (nSPS) is 12.3. The largest absolute Gasteiger partial charge is 0.496 e. The molecule has 2 aromatic carbocycles. The average Bonchev–Trinajstić information content (AvgIpc) is 2.40. The molecule has 0 aromatic heterocycles. The van der Waals surface area contributed by atoms with Crippen molar-refractivity contribution in [3.05, 3.63) is 63.1 Å². The van der Waals surface area contributed by atoms with E-state index in [0.29, 0.717) is 11.1 Å². The van der Waals surface area contributed by atoms with E-state index < -0.39 is 17.0 Å². The first kappa shape index (κ1) is 15.3. The number of ether oxygens (including phenoxy) is 1. The smallest absolute Gasteiger partial charge is 0.141 e. The Balaban J connectivity index is 2.52. The molecule has 1 unspecified atom stereocenters. The predicted molar refractivity (Wildman–Crippen MR) is 79.5 cm³/mol. The number of alkyl halides is 1. The lowest BCUT2D eigenvalue weighted by Crippen LogP contribution is -2.01. The number of rotatable bonds is 3. The third-order valence-corrected chi connectivity index (χ3v) is 4.05. The van der Waals surface area contributed by atoms with Gasteiger partial charge in [-0.1, -0.05) is 12.1 Å². The van der Waals surface area contributed by atoms with Crippen LogP contribution in [-0.4, -0.2) is 7.11 Å². The van der Waals surface area contributed by atoms with Crippen molar-refractivity contribution in [2.75, 3.05) is 7.11 Å². The van der Waals surface area contributed by atoms with E-state index in [-0.39, 0.29) is 10.2 Å². The van der Waals surface area contributed by atoms with Crippen molar-refractivity contribution in [2.45, 2.75) is 12.3 Å². The molecule has 2 aromatic rings. The average molecular weight is 362 g/mol. The molecule has 0 saturated heterocycles. The molecule has 0 saturated carbocycles. The van der Waals surface area contributed by atoms with Gasteiger partial charge in [0.05, 0.1) is 17.0 Å². The number of aryl methyl sites for hydroxylation is 1. The molecule has 0 fully saturated rings. The van der Waals surface area contributed by atoms with Crippen LogP contribution in [0.4, 0.5) is 8.78 Å². The van der Waals surface area contributed by atoms with E-state index in [4.69, 9.17) is 16.3 Å². The lowest BCUT2D eigenvalue weighted by molar-refractivity contribution is 0.406. The summed E-state index contributed by atoms with van der Waals surface area (Å²) < 4.78 is 32.9. The van der Waals surface area contributed by atoms with Crippen LogP contribution in [0.2, 0.25) is 0 Å². The Bertz CT molecular complexity index is 646. The Morgan fingerprint density at radius 2 is 1.80 bits per heavy atom. The van der Waals surface area contributed by atoms with E-state index in [1.54, 1.807) is 19.1 Å². The Morgan fingerprint density at radius 3 is 2.40 bits per heavy atom. The highest BCUT2D eigenvalue weighted by molar-refractivity contribution is 9.10. The summed E-state index contributed by atoms with van der Waals surface area (Å²) in [6.45, 7) is 1.80. The van der Waals surface area contributed by atoms with Crippen molar-refractivity contribution in [3.63, 3.8) is 0 Å². The number of halogens is 4. The van der Waals surface area contributed by atoms with Crippen molar-refractivity contribution in [3.8, 4) is 5.75 Å². The zero-order valence-corrected chi connectivity index (χ0v) is 13.2. The molecule has 0 spiro atoms. The summed E-state index contributed by atoms with van der Waals surface area (Å²) in [6.07, 6.45) is 0. The van der Waals surface area contributed by atoms with Crippen molar-refractivity contribution >= 4 is 27.5 Å². The van der Waals surface area contributed by atoms with Crippen LogP contribution in [0.15, 0.2) is 34.8 Å². The van der Waals surface area contributed by atoms with Crippen LogP contribution in [0.3, 0.4) is 0 Å². The molecule has 2 rings (SSSR count). The maximum Gasteiger partial charge on any atom is 0.141 e. The second kappa shape index (κ2) is 6.10. The van der Waals surface area contributed by atoms with Crippen LogP contribution in [-0.2, 0) is 0 Å². The van der Waals surface area contributed by atoms with E-state index in [2.05, 4.69) is 15.9 Å². The topological polar surface area (TPSA) is 9.23 Å². The molecule has 20 heavy (non-hydrogen) atoms. The van der Waals surface area contributed by atoms with Gasteiger partial charge >= 0.3 is 0 Å². The van der Waals surface area contributed by atoms with Crippen molar-refractivity contribution in [2.24, 2.45) is 0 Å². The summed E-state index contributed by atoms with van der Waals surface area (Å²) in [4.78, 5) is 0. The van der Waals surface area contributed by atoms with Gasteiger partial charge < -0.3 is 4.74 Å². The molecule has 0 radical (unpaired) electrons. The Hall–Kier alpha value is -1.13. The second-order valence-electron chi connectivity index (χ2n) is 4.40. The Kier molecular flexibility index (Phi) is 4.66. The molecular weight excluding hydrogens is 350 g/mol. The molecule has 0 aliphatic carbocycles. The standard InChI is InChI=1S/C15H12BrClF2O/c1-8-3-4-9(12(18)5-8)15(17)10-6-11(16)13(19)7-14(10)20-2/h3-7,15H,1-2H3. The van der Waals surface area contributed by atoms with Gasteiger partial charge in [0.1, 0.15) is 17.4 Å². The first-order valence-corrected chi connectivity index (χ1v) is 7.10. The van der Waals surface area contributed by atoms with Gasteiger partial charge in [-0.25, -0.2) is 8.78 Å². The minimum absolute atomic E-state index is 0.256. The van der Waals surface area contributed by atoms with E-state index >= 15 is 0 Å². The van der Waals surface area contributed by atoms with Gasteiger partial charge in [-0.2, -0.15) is 0 Å². The summed E-state index contributed by atoms with van der Waals surface area (Å²) in [7, 11) is 1.42. The van der Waals surface area contributed by atoms with Crippen LogP contribution < -0.4 is 4.74 Å². The third kappa shape index (κ3) is 2.96. The maximum absolute atomic E-state index is 14.0. The summed E-state index contributed by atoms with van der Waals surface area (Å²) in [5.74, 6) is -0.572. The van der Waals surface area contributed by atoms with Crippen LogP contribution in [0.1, 0.15) is 22.1 Å². The maximum atomic E-state index is 14.0. The first-order chi connectivity index (χ1) is 9.43. The molecule has 1 nitrogen and oxygen atoms in total. The van der Waals surface area contributed by atoms with Crippen molar-refractivity contribution in [1.82, 2.24) is 0 Å². The van der Waals surface area contributed by atoms with E-state index in [1.807, 2.05) is 0 Å². The van der Waals surface area contributed by atoms with E-state index in [9.17, 15) is 8.78 Å². The minimum Gasteiger partial charge on any atom is -0.496 e. The molecule has 0 aliphatic heterocycles. The zero-order valence-electron chi connectivity index (χ0n) is 10.9. The lowest BCUT2D eigenvalue weighted by atomic mass is 10.0. The van der Waals surface area contributed by atoms with Gasteiger partial charge in [0, 0.05) is 17.2 Å². The quantitative estimate of drug-likeness (QED) is 0.668. The fourth-order valence-corrected chi connectivity index (χ4v) is 2.63. The van der Waals surface area contributed by atoms with Crippen molar-refractivity contribution < 1.29 is 13.5 Å². The fraction of sp³-hybridized carbons (Fsp3) is 0.200. The number of methoxy groups -OCH3 is 1. The van der Waals surface area contributed by atoms with Crippen LogP contribution in [0.25, 0.3) is 0 Å². The zero-order chi connectivity index (χ0) is 14.9. The van der Waals surface area contributed by atoms with Gasteiger partial charge in [-0.3, -0.25) is 0 Å². The molecule has 5 heteroatoms.